The summed E-state index contributed by atoms with van der Waals surface area (Å²) in [6.07, 6.45) is 2.19. The molecule has 2 atom stereocenters. The Hall–Kier alpha value is -0.590. The van der Waals surface area contributed by atoms with Crippen LogP contribution >= 0.6 is 11.8 Å². The van der Waals surface area contributed by atoms with Gasteiger partial charge in [0, 0.05) is 24.6 Å². The zero-order valence-electron chi connectivity index (χ0n) is 10.4. The molecule has 1 fully saturated rings. The minimum atomic E-state index is -0.491. The van der Waals surface area contributed by atoms with Crippen LogP contribution in [0.15, 0.2) is 6.20 Å². The SMILES string of the molecule is CCCn1nncc1C(O)C1CSCCN1C. The molecule has 0 aliphatic carbocycles. The van der Waals surface area contributed by atoms with E-state index in [-0.39, 0.29) is 6.04 Å². The van der Waals surface area contributed by atoms with Crippen LogP contribution in [0.3, 0.4) is 0 Å². The monoisotopic (exact) mass is 256 g/mol. The summed E-state index contributed by atoms with van der Waals surface area (Å²) >= 11 is 1.90. The zero-order chi connectivity index (χ0) is 12.3. The number of aliphatic hydroxyl groups is 1. The molecule has 96 valence electrons. The van der Waals surface area contributed by atoms with E-state index >= 15 is 0 Å². The van der Waals surface area contributed by atoms with Gasteiger partial charge in [-0.2, -0.15) is 11.8 Å². The molecule has 2 heterocycles. The fourth-order valence-corrected chi connectivity index (χ4v) is 3.38. The molecule has 0 bridgehead atoms. The van der Waals surface area contributed by atoms with Crippen LogP contribution in [-0.4, -0.2) is 56.1 Å². The Morgan fingerprint density at radius 3 is 3.18 bits per heavy atom. The Morgan fingerprint density at radius 2 is 2.47 bits per heavy atom. The van der Waals surface area contributed by atoms with Crippen molar-refractivity contribution in [1.29, 1.82) is 0 Å². The maximum atomic E-state index is 10.5. The zero-order valence-corrected chi connectivity index (χ0v) is 11.2. The molecule has 6 heteroatoms. The van der Waals surface area contributed by atoms with Crippen LogP contribution in [-0.2, 0) is 6.54 Å². The summed E-state index contributed by atoms with van der Waals surface area (Å²) in [5, 5.41) is 18.4. The van der Waals surface area contributed by atoms with Crippen molar-refractivity contribution in [3.8, 4) is 0 Å². The van der Waals surface area contributed by atoms with Crippen molar-refractivity contribution in [3.63, 3.8) is 0 Å². The van der Waals surface area contributed by atoms with E-state index < -0.39 is 6.10 Å². The maximum absolute atomic E-state index is 10.5. The Labute approximate surface area is 106 Å². The lowest BCUT2D eigenvalue weighted by atomic mass is 10.1. The van der Waals surface area contributed by atoms with E-state index in [9.17, 15) is 5.11 Å². The second-order valence-electron chi connectivity index (χ2n) is 4.45. The van der Waals surface area contributed by atoms with Gasteiger partial charge in [-0.1, -0.05) is 12.1 Å². The van der Waals surface area contributed by atoms with E-state index in [0.29, 0.717) is 0 Å². The number of aliphatic hydroxyl groups excluding tert-OH is 1. The van der Waals surface area contributed by atoms with E-state index in [0.717, 1.165) is 36.7 Å². The number of likely N-dealkylation sites (N-methyl/N-ethyl adjacent to an activating group) is 1. The highest BCUT2D eigenvalue weighted by molar-refractivity contribution is 7.99. The van der Waals surface area contributed by atoms with Crippen LogP contribution in [0.4, 0.5) is 0 Å². The smallest absolute Gasteiger partial charge is 0.113 e. The van der Waals surface area contributed by atoms with E-state index in [4.69, 9.17) is 0 Å². The quantitative estimate of drug-likeness (QED) is 0.862. The van der Waals surface area contributed by atoms with Gasteiger partial charge in [0.15, 0.2) is 0 Å². The summed E-state index contributed by atoms with van der Waals surface area (Å²) in [7, 11) is 2.07. The lowest BCUT2D eigenvalue weighted by Gasteiger charge is -2.35. The van der Waals surface area contributed by atoms with Gasteiger partial charge in [-0.15, -0.1) is 5.10 Å². The molecular formula is C11H20N4OS. The first-order valence-corrected chi connectivity index (χ1v) is 7.24. The summed E-state index contributed by atoms with van der Waals surface area (Å²) in [5.41, 5.74) is 0.839. The predicted octanol–water partition coefficient (Wildman–Crippen LogP) is 0.769. The Morgan fingerprint density at radius 1 is 1.65 bits per heavy atom. The second-order valence-corrected chi connectivity index (χ2v) is 5.60. The van der Waals surface area contributed by atoms with Gasteiger partial charge in [0.2, 0.25) is 0 Å². The molecule has 1 N–H and O–H groups in total. The molecule has 5 nitrogen and oxygen atoms in total. The molecule has 0 saturated carbocycles. The molecule has 0 aromatic carbocycles. The fourth-order valence-electron chi connectivity index (χ4n) is 2.12. The minimum Gasteiger partial charge on any atom is -0.385 e. The first-order valence-electron chi connectivity index (χ1n) is 6.08. The number of hydrogen-bond acceptors (Lipinski definition) is 5. The average molecular weight is 256 g/mol. The van der Waals surface area contributed by atoms with Crippen molar-refractivity contribution in [3.05, 3.63) is 11.9 Å². The van der Waals surface area contributed by atoms with Gasteiger partial charge in [0.1, 0.15) is 6.10 Å². The van der Waals surface area contributed by atoms with Gasteiger partial charge < -0.3 is 5.11 Å². The highest BCUT2D eigenvalue weighted by Gasteiger charge is 2.29. The average Bonchev–Trinajstić information content (AvgIpc) is 2.78. The number of aromatic nitrogens is 3. The first kappa shape index (κ1) is 12.9. The van der Waals surface area contributed by atoms with Crippen LogP contribution in [0.1, 0.15) is 25.1 Å². The third kappa shape index (κ3) is 2.81. The molecule has 0 spiro atoms. The normalized spacial score (nSPS) is 23.8. The summed E-state index contributed by atoms with van der Waals surface area (Å²) < 4.78 is 1.82. The van der Waals surface area contributed by atoms with Crippen LogP contribution in [0.25, 0.3) is 0 Å². The van der Waals surface area contributed by atoms with E-state index in [1.807, 2.05) is 16.4 Å². The van der Waals surface area contributed by atoms with Crippen molar-refractivity contribution in [1.82, 2.24) is 19.9 Å². The molecule has 0 radical (unpaired) electrons. The molecule has 2 unspecified atom stereocenters. The van der Waals surface area contributed by atoms with Gasteiger partial charge in [-0.3, -0.25) is 4.90 Å². The van der Waals surface area contributed by atoms with Gasteiger partial charge >= 0.3 is 0 Å². The highest BCUT2D eigenvalue weighted by Crippen LogP contribution is 2.26. The standard InChI is InChI=1S/C11H20N4OS/c1-3-4-15-9(7-12-13-15)11(16)10-8-17-6-5-14(10)2/h7,10-11,16H,3-6,8H2,1-2H3. The van der Waals surface area contributed by atoms with Crippen molar-refractivity contribution in [2.24, 2.45) is 0 Å². The van der Waals surface area contributed by atoms with Gasteiger partial charge in [0.05, 0.1) is 17.9 Å². The third-order valence-corrected chi connectivity index (χ3v) is 4.24. The number of rotatable bonds is 4. The van der Waals surface area contributed by atoms with E-state index in [2.05, 4.69) is 29.2 Å². The molecule has 1 aromatic rings. The van der Waals surface area contributed by atoms with Crippen molar-refractivity contribution < 1.29 is 5.11 Å². The second kappa shape index (κ2) is 5.84. The van der Waals surface area contributed by atoms with Gasteiger partial charge in [-0.25, -0.2) is 4.68 Å². The van der Waals surface area contributed by atoms with E-state index in [1.165, 1.54) is 0 Å². The summed E-state index contributed by atoms with van der Waals surface area (Å²) in [6.45, 7) is 3.94. The molecule has 2 rings (SSSR count). The lowest BCUT2D eigenvalue weighted by molar-refractivity contribution is 0.0687. The molecule has 1 aliphatic rings. The van der Waals surface area contributed by atoms with Gasteiger partial charge in [0.25, 0.3) is 0 Å². The van der Waals surface area contributed by atoms with Crippen LogP contribution in [0.5, 0.6) is 0 Å². The summed E-state index contributed by atoms with van der Waals surface area (Å²) in [6, 6.07) is 0.169. The van der Waals surface area contributed by atoms with Crippen molar-refractivity contribution in [2.75, 3.05) is 25.1 Å². The Kier molecular flexibility index (Phi) is 4.42. The highest BCUT2D eigenvalue weighted by atomic mass is 32.2. The molecule has 1 aliphatic heterocycles. The maximum Gasteiger partial charge on any atom is 0.113 e. The number of nitrogens with zero attached hydrogens (tertiary/aromatic N) is 4. The molecule has 17 heavy (non-hydrogen) atoms. The number of hydrogen-bond donors (Lipinski definition) is 1. The predicted molar refractivity (Wildman–Crippen MR) is 69.0 cm³/mol. The third-order valence-electron chi connectivity index (χ3n) is 3.19. The Bertz CT molecular complexity index is 357. The lowest BCUT2D eigenvalue weighted by Crippen LogP contribution is -2.43. The van der Waals surface area contributed by atoms with Crippen molar-refractivity contribution >= 4 is 11.8 Å². The summed E-state index contributed by atoms with van der Waals surface area (Å²) in [4.78, 5) is 2.23. The Balaban J connectivity index is 2.11. The molecule has 1 aromatic heterocycles. The summed E-state index contributed by atoms with van der Waals surface area (Å²) in [5.74, 6) is 2.11. The van der Waals surface area contributed by atoms with Crippen molar-refractivity contribution in [2.45, 2.75) is 32.0 Å². The topological polar surface area (TPSA) is 54.2 Å². The largest absolute Gasteiger partial charge is 0.385 e. The van der Waals surface area contributed by atoms with Crippen LogP contribution in [0, 0.1) is 0 Å². The van der Waals surface area contributed by atoms with Crippen LogP contribution < -0.4 is 0 Å². The number of aryl methyl sites for hydroxylation is 1. The molecule has 1 saturated heterocycles. The van der Waals surface area contributed by atoms with Crippen LogP contribution in [0.2, 0.25) is 0 Å². The molecule has 0 amide bonds. The fraction of sp³-hybridized carbons (Fsp3) is 0.818. The number of thioether (sulfide) groups is 1. The molecular weight excluding hydrogens is 236 g/mol. The van der Waals surface area contributed by atoms with Gasteiger partial charge in [-0.05, 0) is 13.5 Å². The first-order chi connectivity index (χ1) is 8.24. The minimum absolute atomic E-state index is 0.169. The van der Waals surface area contributed by atoms with E-state index in [1.54, 1.807) is 6.20 Å².